The highest BCUT2D eigenvalue weighted by atomic mass is 32.1. The number of methoxy groups -OCH3 is 1. The molecular formula is C24H25NO5S. The number of benzene rings is 2. The van der Waals surface area contributed by atoms with Crippen LogP contribution in [0.2, 0.25) is 0 Å². The fourth-order valence-electron chi connectivity index (χ4n) is 2.90. The van der Waals surface area contributed by atoms with Gasteiger partial charge in [0.25, 0.3) is 5.56 Å². The lowest BCUT2D eigenvalue weighted by Gasteiger charge is -2.13. The summed E-state index contributed by atoms with van der Waals surface area (Å²) >= 11 is 1.22. The Bertz CT molecular complexity index is 1210. The molecule has 1 aromatic heterocycles. The van der Waals surface area contributed by atoms with E-state index in [9.17, 15) is 9.59 Å². The Balaban J connectivity index is 1.98. The minimum atomic E-state index is -0.262. The molecule has 0 bridgehead atoms. The lowest BCUT2D eigenvalue weighted by molar-refractivity contribution is 0.106. The Kier molecular flexibility index (Phi) is 7.67. The van der Waals surface area contributed by atoms with E-state index in [1.54, 1.807) is 37.5 Å². The lowest BCUT2D eigenvalue weighted by Crippen LogP contribution is -2.20. The predicted molar refractivity (Wildman–Crippen MR) is 123 cm³/mol. The van der Waals surface area contributed by atoms with Crippen LogP contribution in [-0.4, -0.2) is 31.1 Å². The zero-order valence-electron chi connectivity index (χ0n) is 17.8. The third-order valence-corrected chi connectivity index (χ3v) is 5.33. The van der Waals surface area contributed by atoms with Crippen LogP contribution in [0.25, 0.3) is 12.2 Å². The highest BCUT2D eigenvalue weighted by molar-refractivity contribution is 7.07. The number of carbonyl (C=O) groups is 1. The number of nitrogens with one attached hydrogen (secondary N) is 1. The smallest absolute Gasteiger partial charge is 0.266 e. The van der Waals surface area contributed by atoms with Gasteiger partial charge in [-0.1, -0.05) is 19.1 Å². The van der Waals surface area contributed by atoms with Crippen molar-refractivity contribution in [2.45, 2.75) is 20.3 Å². The molecule has 0 spiro atoms. The lowest BCUT2D eigenvalue weighted by atomic mass is 10.1. The number of thiazole rings is 1. The second-order valence-electron chi connectivity index (χ2n) is 6.62. The summed E-state index contributed by atoms with van der Waals surface area (Å²) in [4.78, 5) is 27.8. The van der Waals surface area contributed by atoms with E-state index >= 15 is 0 Å². The number of aromatic amines is 1. The van der Waals surface area contributed by atoms with Crippen molar-refractivity contribution in [1.29, 1.82) is 0 Å². The van der Waals surface area contributed by atoms with Crippen molar-refractivity contribution in [2.75, 3.05) is 20.3 Å². The molecule has 6 nitrogen and oxygen atoms in total. The van der Waals surface area contributed by atoms with Crippen LogP contribution < -0.4 is 29.0 Å². The molecule has 0 fully saturated rings. The van der Waals surface area contributed by atoms with Crippen LogP contribution in [0.3, 0.4) is 0 Å². The number of hydrogen-bond acceptors (Lipinski definition) is 6. The number of ether oxygens (including phenoxy) is 3. The van der Waals surface area contributed by atoms with E-state index in [1.165, 1.54) is 17.4 Å². The van der Waals surface area contributed by atoms with Gasteiger partial charge in [-0.25, -0.2) is 0 Å². The van der Waals surface area contributed by atoms with E-state index in [-0.39, 0.29) is 11.3 Å². The first-order chi connectivity index (χ1) is 15.0. The van der Waals surface area contributed by atoms with Crippen LogP contribution in [-0.2, 0) is 0 Å². The highest BCUT2D eigenvalue weighted by Gasteiger charge is 2.10. The van der Waals surface area contributed by atoms with Crippen LogP contribution >= 0.6 is 11.3 Å². The summed E-state index contributed by atoms with van der Waals surface area (Å²) in [6.07, 6.45) is 4.04. The molecule has 31 heavy (non-hydrogen) atoms. The van der Waals surface area contributed by atoms with E-state index in [0.29, 0.717) is 45.2 Å². The van der Waals surface area contributed by atoms with Crippen LogP contribution in [0, 0.1) is 0 Å². The van der Waals surface area contributed by atoms with Gasteiger partial charge >= 0.3 is 0 Å². The molecule has 3 aromatic rings. The summed E-state index contributed by atoms with van der Waals surface area (Å²) in [6, 6.07) is 12.4. The number of Topliss-reactive ketones (excluding diaryl/α,β-unsaturated/α-hetero) is 1. The molecule has 0 aliphatic rings. The zero-order valence-corrected chi connectivity index (χ0v) is 18.6. The van der Waals surface area contributed by atoms with Gasteiger partial charge in [-0.2, -0.15) is 0 Å². The van der Waals surface area contributed by atoms with Crippen molar-refractivity contribution < 1.29 is 19.0 Å². The van der Waals surface area contributed by atoms with Crippen LogP contribution in [0.1, 0.15) is 36.2 Å². The van der Waals surface area contributed by atoms with Crippen LogP contribution in [0.4, 0.5) is 0 Å². The fraction of sp³-hybridized carbons (Fsp3) is 0.250. The summed E-state index contributed by atoms with van der Waals surface area (Å²) < 4.78 is 17.6. The van der Waals surface area contributed by atoms with Gasteiger partial charge in [0.2, 0.25) is 0 Å². The second-order valence-corrected chi connectivity index (χ2v) is 7.71. The van der Waals surface area contributed by atoms with Crippen LogP contribution in [0.15, 0.2) is 47.3 Å². The summed E-state index contributed by atoms with van der Waals surface area (Å²) in [5.74, 6) is 1.73. The van der Waals surface area contributed by atoms with Gasteiger partial charge in [0, 0.05) is 17.2 Å². The molecular weight excluding hydrogens is 414 g/mol. The van der Waals surface area contributed by atoms with Gasteiger partial charge < -0.3 is 19.2 Å². The molecule has 0 amide bonds. The second kappa shape index (κ2) is 10.6. The van der Waals surface area contributed by atoms with Gasteiger partial charge in [-0.05, 0) is 49.8 Å². The Morgan fingerprint density at radius 1 is 1.10 bits per heavy atom. The molecule has 0 saturated carbocycles. The van der Waals surface area contributed by atoms with E-state index in [0.717, 1.165) is 12.0 Å². The average molecular weight is 440 g/mol. The van der Waals surface area contributed by atoms with Crippen molar-refractivity contribution >= 4 is 29.3 Å². The maximum atomic E-state index is 12.5. The van der Waals surface area contributed by atoms with Crippen LogP contribution in [0.5, 0.6) is 17.2 Å². The first-order valence-electron chi connectivity index (χ1n) is 10.0. The third kappa shape index (κ3) is 5.64. The summed E-state index contributed by atoms with van der Waals surface area (Å²) in [6.45, 7) is 4.99. The van der Waals surface area contributed by atoms with Gasteiger partial charge in [0.15, 0.2) is 17.3 Å². The average Bonchev–Trinajstić information content (AvgIpc) is 3.12. The Labute approximate surface area is 184 Å². The fourth-order valence-corrected chi connectivity index (χ4v) is 3.77. The molecule has 0 radical (unpaired) electrons. The molecule has 2 aromatic carbocycles. The maximum Gasteiger partial charge on any atom is 0.266 e. The molecule has 1 N–H and O–H groups in total. The summed E-state index contributed by atoms with van der Waals surface area (Å²) in [7, 11) is 1.57. The minimum Gasteiger partial charge on any atom is -0.497 e. The molecule has 7 heteroatoms. The van der Waals surface area contributed by atoms with Crippen molar-refractivity contribution in [1.82, 2.24) is 4.98 Å². The Morgan fingerprint density at radius 3 is 2.55 bits per heavy atom. The number of hydrogen-bond donors (Lipinski definition) is 1. The first-order valence-corrected chi connectivity index (χ1v) is 10.9. The van der Waals surface area contributed by atoms with Crippen molar-refractivity contribution in [3.8, 4) is 17.2 Å². The molecule has 0 unspecified atom stereocenters. The van der Waals surface area contributed by atoms with Crippen molar-refractivity contribution in [3.05, 3.63) is 73.1 Å². The molecule has 162 valence electrons. The van der Waals surface area contributed by atoms with Gasteiger partial charge in [0.1, 0.15) is 5.75 Å². The summed E-state index contributed by atoms with van der Waals surface area (Å²) in [5, 5.41) is 0. The number of ketones is 1. The minimum absolute atomic E-state index is 0.197. The number of aromatic nitrogens is 1. The first kappa shape index (κ1) is 22.4. The van der Waals surface area contributed by atoms with Gasteiger partial charge in [-0.15, -0.1) is 11.3 Å². The normalized spacial score (nSPS) is 12.1. The van der Waals surface area contributed by atoms with Gasteiger partial charge in [0.05, 0.1) is 29.5 Å². The van der Waals surface area contributed by atoms with Crippen molar-refractivity contribution in [3.63, 3.8) is 0 Å². The Hall–Kier alpha value is -3.32. The quantitative estimate of drug-likeness (QED) is 0.519. The molecule has 0 atom stereocenters. The number of para-hydroxylation sites is 1. The van der Waals surface area contributed by atoms with Crippen molar-refractivity contribution in [2.24, 2.45) is 0 Å². The predicted octanol–water partition coefficient (Wildman–Crippen LogP) is 3.12. The SMILES string of the molecule is CCCOc1c(/C=c2\s/c(=C\C(=O)c3ccc(OC)cc3)[nH]c2=O)cccc1OCC. The summed E-state index contributed by atoms with van der Waals surface area (Å²) in [5.41, 5.74) is 1.00. The largest absolute Gasteiger partial charge is 0.497 e. The van der Waals surface area contributed by atoms with E-state index in [1.807, 2.05) is 32.0 Å². The van der Waals surface area contributed by atoms with Gasteiger partial charge in [-0.3, -0.25) is 9.59 Å². The molecule has 0 aliphatic heterocycles. The monoisotopic (exact) mass is 439 g/mol. The highest BCUT2D eigenvalue weighted by Crippen LogP contribution is 2.32. The van der Waals surface area contributed by atoms with E-state index < -0.39 is 0 Å². The standard InChI is InChI=1S/C24H25NO5S/c1-4-13-30-23-17(7-6-8-20(23)29-5-2)14-21-24(27)25-22(31-21)15-19(26)16-9-11-18(28-3)12-10-16/h6-12,14-15H,4-5,13H2,1-3H3,(H,25,27)/b21-14-,22-15-. The number of rotatable bonds is 9. The van der Waals surface area contributed by atoms with E-state index in [2.05, 4.69) is 4.98 Å². The molecule has 1 heterocycles. The van der Waals surface area contributed by atoms with E-state index in [4.69, 9.17) is 14.2 Å². The Morgan fingerprint density at radius 2 is 1.87 bits per heavy atom. The number of carbonyl (C=O) groups excluding carboxylic acids is 1. The topological polar surface area (TPSA) is 77.6 Å². The molecule has 0 aliphatic carbocycles. The third-order valence-electron chi connectivity index (χ3n) is 4.36. The molecule has 0 saturated heterocycles. The maximum absolute atomic E-state index is 12.5. The number of H-pyrrole nitrogens is 1. The molecule has 3 rings (SSSR count). The zero-order chi connectivity index (χ0) is 22.2.